The minimum absolute atomic E-state index is 0.248. The van der Waals surface area contributed by atoms with Gasteiger partial charge in [-0.15, -0.1) is 0 Å². The molecular formula is C22H35N3O14S2. The van der Waals surface area contributed by atoms with Gasteiger partial charge in [0.25, 0.3) is 0 Å². The van der Waals surface area contributed by atoms with Crippen LogP contribution in [-0.4, -0.2) is 106 Å². The number of aromatic nitrogens is 3. The Balaban J connectivity index is 0.00000112. The van der Waals surface area contributed by atoms with E-state index in [1.165, 1.54) is 49.8 Å². The molecule has 0 bridgehead atoms. The first-order valence-electron chi connectivity index (χ1n) is 11.8. The summed E-state index contributed by atoms with van der Waals surface area (Å²) >= 11 is 0. The summed E-state index contributed by atoms with van der Waals surface area (Å²) in [6.07, 6.45) is -1.53. The van der Waals surface area contributed by atoms with E-state index in [0.717, 1.165) is 0 Å². The van der Waals surface area contributed by atoms with E-state index in [1.54, 1.807) is 6.92 Å². The number of carbonyl (C=O) groups is 4. The van der Waals surface area contributed by atoms with E-state index >= 15 is 0 Å². The fourth-order valence-corrected chi connectivity index (χ4v) is 4.03. The molecule has 0 radical (unpaired) electrons. The number of esters is 4. The second-order valence-corrected chi connectivity index (χ2v) is 10.3. The standard InChI is InChI=1S/C16H25N3O10.C6H10O4S2/c1-4-11(21)8-29-13(23)6-18-14(24)17(5-12(22)28-7-10(2)20)15(25)19(9-27-3)16(18)26;1-9-5(7)3-11-12-4-6(8)10-2/h10-11,20-21H,4-9H2,1-3H3;3-4H2,1-2H3. The van der Waals surface area contributed by atoms with Gasteiger partial charge >= 0.3 is 40.9 Å². The summed E-state index contributed by atoms with van der Waals surface area (Å²) in [5.74, 6) is -2.10. The Morgan fingerprint density at radius 3 is 1.51 bits per heavy atom. The van der Waals surface area contributed by atoms with Gasteiger partial charge < -0.3 is 33.9 Å². The molecule has 2 atom stereocenters. The highest BCUT2D eigenvalue weighted by molar-refractivity contribution is 8.77. The number of carbonyl (C=O) groups excluding carboxylic acids is 4. The first-order valence-corrected chi connectivity index (χ1v) is 14.3. The van der Waals surface area contributed by atoms with Crippen LogP contribution in [0.1, 0.15) is 20.3 Å². The molecule has 1 rings (SSSR count). The molecule has 1 heterocycles. The molecule has 0 spiro atoms. The molecule has 1 aromatic rings. The maximum Gasteiger partial charge on any atom is 0.338 e. The molecule has 17 nitrogen and oxygen atoms in total. The lowest BCUT2D eigenvalue weighted by atomic mass is 10.3. The lowest BCUT2D eigenvalue weighted by Gasteiger charge is -2.14. The Morgan fingerprint density at radius 2 is 1.15 bits per heavy atom. The smallest absolute Gasteiger partial charge is 0.338 e. The lowest BCUT2D eigenvalue weighted by Crippen LogP contribution is -2.56. The van der Waals surface area contributed by atoms with Gasteiger partial charge in [-0.05, 0) is 13.3 Å². The average molecular weight is 630 g/mol. The van der Waals surface area contributed by atoms with Crippen LogP contribution in [0.5, 0.6) is 0 Å². The number of rotatable bonds is 16. The van der Waals surface area contributed by atoms with Crippen molar-refractivity contribution in [2.75, 3.05) is 46.0 Å². The SMILES string of the molecule is CCC(O)COC(=O)Cn1c(=O)n(COC)c(=O)n(CC(=O)OCC(C)O)c1=O.COC(=O)CSSCC(=O)OC. The number of hydrogen-bond donors (Lipinski definition) is 2. The van der Waals surface area contributed by atoms with E-state index in [2.05, 4.69) is 9.47 Å². The van der Waals surface area contributed by atoms with Crippen molar-refractivity contribution in [3.8, 4) is 0 Å². The van der Waals surface area contributed by atoms with Gasteiger partial charge in [0, 0.05) is 7.11 Å². The van der Waals surface area contributed by atoms with Crippen LogP contribution in [0.2, 0.25) is 0 Å². The van der Waals surface area contributed by atoms with Crippen LogP contribution in [0.25, 0.3) is 0 Å². The van der Waals surface area contributed by atoms with Crippen molar-refractivity contribution in [3.63, 3.8) is 0 Å². The Labute approximate surface area is 242 Å². The van der Waals surface area contributed by atoms with Crippen LogP contribution in [0, 0.1) is 0 Å². The van der Waals surface area contributed by atoms with Gasteiger partial charge in [-0.1, -0.05) is 28.5 Å². The van der Waals surface area contributed by atoms with Crippen molar-refractivity contribution < 1.29 is 53.1 Å². The van der Waals surface area contributed by atoms with Crippen LogP contribution < -0.4 is 17.1 Å². The van der Waals surface area contributed by atoms with Crippen molar-refractivity contribution in [2.45, 2.75) is 52.3 Å². The van der Waals surface area contributed by atoms with Gasteiger partial charge in [0.05, 0.1) is 26.4 Å². The van der Waals surface area contributed by atoms with Gasteiger partial charge in [-0.2, -0.15) is 0 Å². The molecule has 0 saturated heterocycles. The number of aliphatic hydroxyl groups is 2. The van der Waals surface area contributed by atoms with Crippen LogP contribution in [0.4, 0.5) is 0 Å². The molecule has 19 heteroatoms. The van der Waals surface area contributed by atoms with Crippen molar-refractivity contribution in [2.24, 2.45) is 0 Å². The summed E-state index contributed by atoms with van der Waals surface area (Å²) in [6.45, 7) is 0.113. The number of ether oxygens (including phenoxy) is 5. The first kappa shape index (κ1) is 37.9. The summed E-state index contributed by atoms with van der Waals surface area (Å²) in [5.41, 5.74) is -3.50. The normalized spacial score (nSPS) is 11.9. The van der Waals surface area contributed by atoms with Gasteiger partial charge in [0.15, 0.2) is 0 Å². The Hall–Kier alpha value is -3.13. The summed E-state index contributed by atoms with van der Waals surface area (Å²) in [4.78, 5) is 82.2. The molecule has 0 saturated carbocycles. The van der Waals surface area contributed by atoms with Crippen molar-refractivity contribution in [1.82, 2.24) is 13.7 Å². The molecule has 0 aliphatic carbocycles. The van der Waals surface area contributed by atoms with E-state index in [-0.39, 0.29) is 36.7 Å². The predicted octanol–water partition coefficient (Wildman–Crippen LogP) is -2.27. The molecule has 0 aliphatic rings. The highest BCUT2D eigenvalue weighted by Crippen LogP contribution is 2.20. The fraction of sp³-hybridized carbons (Fsp3) is 0.682. The number of hydrogen-bond acceptors (Lipinski definition) is 16. The molecule has 2 unspecified atom stereocenters. The maximum absolute atomic E-state index is 12.5. The third-order valence-electron chi connectivity index (χ3n) is 4.50. The summed E-state index contributed by atoms with van der Waals surface area (Å²) in [6, 6.07) is 0. The van der Waals surface area contributed by atoms with Crippen LogP contribution in [0.3, 0.4) is 0 Å². The predicted molar refractivity (Wildman–Crippen MR) is 145 cm³/mol. The quantitative estimate of drug-likeness (QED) is 0.0851. The third kappa shape index (κ3) is 14.9. The minimum Gasteiger partial charge on any atom is -0.468 e. The monoisotopic (exact) mass is 629 g/mol. The van der Waals surface area contributed by atoms with Crippen molar-refractivity contribution in [1.29, 1.82) is 0 Å². The third-order valence-corrected chi connectivity index (χ3v) is 6.58. The Kier molecular flexibility index (Phi) is 19.1. The van der Waals surface area contributed by atoms with Crippen LogP contribution in [-0.2, 0) is 62.7 Å². The van der Waals surface area contributed by atoms with Gasteiger partial charge in [-0.3, -0.25) is 19.2 Å². The first-order chi connectivity index (χ1) is 19.3. The largest absolute Gasteiger partial charge is 0.468 e. The average Bonchev–Trinajstić information content (AvgIpc) is 2.95. The summed E-state index contributed by atoms with van der Waals surface area (Å²) in [7, 11) is 6.39. The molecule has 234 valence electrons. The van der Waals surface area contributed by atoms with Crippen molar-refractivity contribution in [3.05, 3.63) is 31.5 Å². The van der Waals surface area contributed by atoms with E-state index in [1.807, 2.05) is 0 Å². The summed E-state index contributed by atoms with van der Waals surface area (Å²) in [5, 5.41) is 18.6. The van der Waals surface area contributed by atoms with Gasteiger partial charge in [0.2, 0.25) is 0 Å². The second kappa shape index (κ2) is 20.7. The molecule has 0 amide bonds. The van der Waals surface area contributed by atoms with Crippen LogP contribution in [0.15, 0.2) is 14.4 Å². The fourth-order valence-electron chi connectivity index (χ4n) is 2.36. The van der Waals surface area contributed by atoms with E-state index in [9.17, 15) is 38.7 Å². The van der Waals surface area contributed by atoms with E-state index in [4.69, 9.17) is 19.3 Å². The molecule has 41 heavy (non-hydrogen) atoms. The molecule has 0 aliphatic heterocycles. The maximum atomic E-state index is 12.5. The van der Waals surface area contributed by atoms with E-state index in [0.29, 0.717) is 20.1 Å². The zero-order valence-electron chi connectivity index (χ0n) is 23.3. The van der Waals surface area contributed by atoms with E-state index < -0.39 is 61.0 Å². The summed E-state index contributed by atoms with van der Waals surface area (Å²) < 4.78 is 24.4. The zero-order valence-corrected chi connectivity index (χ0v) is 24.9. The van der Waals surface area contributed by atoms with Gasteiger partial charge in [-0.25, -0.2) is 28.1 Å². The van der Waals surface area contributed by atoms with Crippen molar-refractivity contribution >= 4 is 45.5 Å². The Morgan fingerprint density at radius 1 is 0.732 bits per heavy atom. The molecular weight excluding hydrogens is 594 g/mol. The topological polar surface area (TPSA) is 221 Å². The second-order valence-electron chi connectivity index (χ2n) is 7.82. The Bertz CT molecular complexity index is 1160. The minimum atomic E-state index is -1.23. The number of methoxy groups -OCH3 is 3. The zero-order chi connectivity index (χ0) is 31.5. The highest BCUT2D eigenvalue weighted by Gasteiger charge is 2.21. The number of aliphatic hydroxyl groups excluding tert-OH is 2. The van der Waals surface area contributed by atoms with Crippen LogP contribution >= 0.6 is 21.6 Å². The number of nitrogens with zero attached hydrogens (tertiary/aromatic N) is 3. The lowest BCUT2D eigenvalue weighted by molar-refractivity contribution is -0.147. The highest BCUT2D eigenvalue weighted by atomic mass is 33.1. The van der Waals surface area contributed by atoms with Gasteiger partial charge in [0.1, 0.15) is 44.5 Å². The molecule has 1 aromatic heterocycles. The molecule has 2 N–H and O–H groups in total. The molecule has 0 fully saturated rings. The molecule has 0 aromatic carbocycles.